The lowest BCUT2D eigenvalue weighted by Gasteiger charge is -2.23. The highest BCUT2D eigenvalue weighted by atomic mass is 16.5. The molecular formula is C38H34N2O5. The number of ether oxygens (including phenoxy) is 1. The molecule has 0 aliphatic heterocycles. The summed E-state index contributed by atoms with van der Waals surface area (Å²) in [5.41, 5.74) is 4.62. The lowest BCUT2D eigenvalue weighted by molar-refractivity contribution is -0.137. The second kappa shape index (κ2) is 14.7. The molecule has 0 saturated carbocycles. The van der Waals surface area contributed by atoms with E-state index in [2.05, 4.69) is 5.32 Å². The fraction of sp³-hybridized carbons (Fsp3) is 0.132. The summed E-state index contributed by atoms with van der Waals surface area (Å²) in [4.78, 5) is 40.4. The summed E-state index contributed by atoms with van der Waals surface area (Å²) in [5.74, 6) is -0.722. The number of ketones is 1. The van der Waals surface area contributed by atoms with Gasteiger partial charge in [0.25, 0.3) is 5.91 Å². The molecule has 2 N–H and O–H groups in total. The average molecular weight is 599 g/mol. The maximum Gasteiger partial charge on any atom is 0.326 e. The molecule has 0 aliphatic carbocycles. The standard InChI is InChI=1S/C38H34N2O5/c1-27-11-10-16-31(25-27)40(37(42)30-14-6-3-7-15-30)23-24-45-32-21-19-28(20-22-32)26-35(38(43)44)39-34-18-9-8-17-33(34)36(41)29-12-4-2-5-13-29/h2-22,25,35,39H,23-24,26H2,1H3,(H,43,44)/t35-/m0/s1. The number of carboxylic acids is 1. The summed E-state index contributed by atoms with van der Waals surface area (Å²) >= 11 is 0. The zero-order valence-electron chi connectivity index (χ0n) is 24.9. The minimum Gasteiger partial charge on any atom is -0.492 e. The van der Waals surface area contributed by atoms with E-state index in [4.69, 9.17) is 4.74 Å². The molecule has 0 saturated heterocycles. The number of aryl methyl sites for hydroxylation is 1. The molecule has 1 atom stereocenters. The van der Waals surface area contributed by atoms with E-state index in [0.29, 0.717) is 34.7 Å². The van der Waals surface area contributed by atoms with Gasteiger partial charge in [0, 0.05) is 34.5 Å². The largest absolute Gasteiger partial charge is 0.492 e. The van der Waals surface area contributed by atoms with Crippen LogP contribution in [0.3, 0.4) is 0 Å². The van der Waals surface area contributed by atoms with E-state index < -0.39 is 12.0 Å². The van der Waals surface area contributed by atoms with Gasteiger partial charge in [-0.15, -0.1) is 0 Å². The van der Waals surface area contributed by atoms with Crippen molar-refractivity contribution in [1.82, 2.24) is 0 Å². The summed E-state index contributed by atoms with van der Waals surface area (Å²) in [6, 6.07) is 39.0. The second-order valence-electron chi connectivity index (χ2n) is 10.6. The Kier molecular flexibility index (Phi) is 10.0. The van der Waals surface area contributed by atoms with Gasteiger partial charge < -0.3 is 20.1 Å². The molecule has 226 valence electrons. The number of carboxylic acid groups (broad SMARTS) is 1. The number of nitrogens with zero attached hydrogens (tertiary/aromatic N) is 1. The van der Waals surface area contributed by atoms with Crippen LogP contribution in [0, 0.1) is 6.92 Å². The number of rotatable bonds is 13. The number of carbonyl (C=O) groups is 3. The summed E-state index contributed by atoms with van der Waals surface area (Å²) < 4.78 is 6.00. The maximum atomic E-state index is 13.4. The number of hydrogen-bond acceptors (Lipinski definition) is 5. The number of benzene rings is 5. The molecule has 0 radical (unpaired) electrons. The summed E-state index contributed by atoms with van der Waals surface area (Å²) in [6.07, 6.45) is 0.191. The monoisotopic (exact) mass is 598 g/mol. The van der Waals surface area contributed by atoms with Crippen molar-refractivity contribution in [2.75, 3.05) is 23.4 Å². The molecule has 0 bridgehead atoms. The van der Waals surface area contributed by atoms with E-state index in [9.17, 15) is 19.5 Å². The highest BCUT2D eigenvalue weighted by Gasteiger charge is 2.22. The van der Waals surface area contributed by atoms with Gasteiger partial charge in [-0.05, 0) is 66.6 Å². The van der Waals surface area contributed by atoms with Crippen molar-refractivity contribution in [3.05, 3.63) is 161 Å². The average Bonchev–Trinajstić information content (AvgIpc) is 3.07. The SMILES string of the molecule is Cc1cccc(N(CCOc2ccc(C[C@H](Nc3ccccc3C(=O)c3ccccc3)C(=O)O)cc2)C(=O)c2ccccc2)c1. The van der Waals surface area contributed by atoms with Gasteiger partial charge in [-0.1, -0.05) is 84.9 Å². The Balaban J connectivity index is 1.23. The number of para-hydroxylation sites is 1. The molecule has 0 fully saturated rings. The first-order chi connectivity index (χ1) is 21.9. The Labute approximate surface area is 262 Å². The number of aliphatic carboxylic acids is 1. The second-order valence-corrected chi connectivity index (χ2v) is 10.6. The molecule has 5 aromatic rings. The lowest BCUT2D eigenvalue weighted by Crippen LogP contribution is -2.34. The van der Waals surface area contributed by atoms with Gasteiger partial charge in [0.05, 0.1) is 6.54 Å². The third-order valence-electron chi connectivity index (χ3n) is 7.36. The van der Waals surface area contributed by atoms with Crippen molar-refractivity contribution in [3.8, 4) is 5.75 Å². The molecule has 5 rings (SSSR count). The minimum atomic E-state index is -1.03. The zero-order valence-corrected chi connectivity index (χ0v) is 24.9. The zero-order chi connectivity index (χ0) is 31.6. The van der Waals surface area contributed by atoms with Crippen LogP contribution in [0.2, 0.25) is 0 Å². The van der Waals surface area contributed by atoms with Gasteiger partial charge in [-0.3, -0.25) is 9.59 Å². The minimum absolute atomic E-state index is 0.112. The van der Waals surface area contributed by atoms with Crippen LogP contribution < -0.4 is 15.0 Å². The molecule has 0 heterocycles. The molecular weight excluding hydrogens is 564 g/mol. The summed E-state index contributed by atoms with van der Waals surface area (Å²) in [7, 11) is 0. The Morgan fingerprint density at radius 1 is 0.756 bits per heavy atom. The number of nitrogens with one attached hydrogen (secondary N) is 1. The Morgan fingerprint density at radius 3 is 2.07 bits per heavy atom. The highest BCUT2D eigenvalue weighted by molar-refractivity contribution is 6.12. The van der Waals surface area contributed by atoms with E-state index in [0.717, 1.165) is 16.8 Å². The molecule has 0 aliphatic rings. The van der Waals surface area contributed by atoms with Crippen molar-refractivity contribution in [2.45, 2.75) is 19.4 Å². The fourth-order valence-electron chi connectivity index (χ4n) is 5.03. The van der Waals surface area contributed by atoms with Crippen molar-refractivity contribution < 1.29 is 24.2 Å². The van der Waals surface area contributed by atoms with E-state index in [1.54, 1.807) is 77.7 Å². The van der Waals surface area contributed by atoms with E-state index >= 15 is 0 Å². The van der Waals surface area contributed by atoms with Crippen LogP contribution in [0.4, 0.5) is 11.4 Å². The number of anilines is 2. The van der Waals surface area contributed by atoms with Crippen molar-refractivity contribution in [3.63, 3.8) is 0 Å². The smallest absolute Gasteiger partial charge is 0.326 e. The summed E-state index contributed by atoms with van der Waals surface area (Å²) in [5, 5.41) is 13.1. The Morgan fingerprint density at radius 2 is 1.40 bits per heavy atom. The Hall–Kier alpha value is -5.69. The van der Waals surface area contributed by atoms with Gasteiger partial charge in [0.2, 0.25) is 0 Å². The topological polar surface area (TPSA) is 95.9 Å². The highest BCUT2D eigenvalue weighted by Crippen LogP contribution is 2.23. The molecule has 5 aromatic carbocycles. The molecule has 0 spiro atoms. The first kappa shape index (κ1) is 30.8. The molecule has 45 heavy (non-hydrogen) atoms. The van der Waals surface area contributed by atoms with Crippen LogP contribution >= 0.6 is 0 Å². The predicted molar refractivity (Wildman–Crippen MR) is 176 cm³/mol. The fourth-order valence-corrected chi connectivity index (χ4v) is 5.03. The quantitative estimate of drug-likeness (QED) is 0.141. The molecule has 0 aromatic heterocycles. The third kappa shape index (κ3) is 8.03. The van der Waals surface area contributed by atoms with E-state index in [1.165, 1.54) is 0 Å². The summed E-state index contributed by atoms with van der Waals surface area (Å²) in [6.45, 7) is 2.59. The van der Waals surface area contributed by atoms with Gasteiger partial charge in [-0.2, -0.15) is 0 Å². The van der Waals surface area contributed by atoms with Crippen LogP contribution in [-0.4, -0.2) is 42.0 Å². The first-order valence-electron chi connectivity index (χ1n) is 14.7. The molecule has 0 unspecified atom stereocenters. The molecule has 7 nitrogen and oxygen atoms in total. The normalized spacial score (nSPS) is 11.3. The van der Waals surface area contributed by atoms with Crippen molar-refractivity contribution in [2.24, 2.45) is 0 Å². The van der Waals surface area contributed by atoms with Crippen LogP contribution in [0.5, 0.6) is 5.75 Å². The van der Waals surface area contributed by atoms with Crippen LogP contribution in [0.1, 0.15) is 37.4 Å². The third-order valence-corrected chi connectivity index (χ3v) is 7.36. The van der Waals surface area contributed by atoms with Gasteiger partial charge in [0.1, 0.15) is 18.4 Å². The lowest BCUT2D eigenvalue weighted by atomic mass is 10.00. The van der Waals surface area contributed by atoms with Gasteiger partial charge in [-0.25, -0.2) is 4.79 Å². The molecule has 7 heteroatoms. The van der Waals surface area contributed by atoms with Crippen LogP contribution in [0.15, 0.2) is 133 Å². The molecule has 1 amide bonds. The van der Waals surface area contributed by atoms with Crippen LogP contribution in [-0.2, 0) is 11.2 Å². The van der Waals surface area contributed by atoms with E-state index in [-0.39, 0.29) is 24.7 Å². The van der Waals surface area contributed by atoms with Gasteiger partial charge >= 0.3 is 5.97 Å². The number of amides is 1. The number of carbonyl (C=O) groups excluding carboxylic acids is 2. The van der Waals surface area contributed by atoms with Crippen molar-refractivity contribution >= 4 is 29.0 Å². The Bertz CT molecular complexity index is 1750. The number of hydrogen-bond donors (Lipinski definition) is 2. The predicted octanol–water partition coefficient (Wildman–Crippen LogP) is 7.06. The van der Waals surface area contributed by atoms with Crippen molar-refractivity contribution in [1.29, 1.82) is 0 Å². The maximum absolute atomic E-state index is 13.4. The van der Waals surface area contributed by atoms with E-state index in [1.807, 2.05) is 67.6 Å². The first-order valence-corrected chi connectivity index (χ1v) is 14.7. The van der Waals surface area contributed by atoms with Gasteiger partial charge in [0.15, 0.2) is 5.78 Å². The van der Waals surface area contributed by atoms with Crippen LogP contribution in [0.25, 0.3) is 0 Å².